The molecule has 3 aliphatic heterocycles. The van der Waals surface area contributed by atoms with E-state index in [2.05, 4.69) is 31.6 Å². The van der Waals surface area contributed by atoms with Crippen LogP contribution >= 0.6 is 0 Å². The molecule has 0 bridgehead atoms. The van der Waals surface area contributed by atoms with Crippen molar-refractivity contribution in [2.45, 2.75) is 76.2 Å². The van der Waals surface area contributed by atoms with E-state index in [0.717, 1.165) is 44.3 Å². The van der Waals surface area contributed by atoms with E-state index in [1.165, 1.54) is 0 Å². The molecular formula is C35H44N8O5. The van der Waals surface area contributed by atoms with Gasteiger partial charge >= 0.3 is 0 Å². The predicted molar refractivity (Wildman–Crippen MR) is 181 cm³/mol. The standard InChI is InChI=1S/C35H44N8O5/c1-23(6-2-3-18-42-22-27(15-19-44)40-41-42)35(48)28-20-26(39-33(46)30-8-5-17-37-30)13-14-31(28)43(34(35)47)21-24-9-11-25(12-10-24)38-32(45)29-7-4-16-36-29/h2,6,9-14,20,22-23,29-30,36-37,44,48H,3-5,7-8,15-19,21H2,1H3,(H,38,45)(H,39,46)/b6-2+/t23-,29-,30-,35+/m1/s1. The normalized spacial score (nSPS) is 22.7. The highest BCUT2D eigenvalue weighted by atomic mass is 16.3. The lowest BCUT2D eigenvalue weighted by atomic mass is 9.82. The van der Waals surface area contributed by atoms with Crippen molar-refractivity contribution < 1.29 is 24.6 Å². The number of hydrogen-bond acceptors (Lipinski definition) is 9. The minimum atomic E-state index is -1.87. The molecule has 6 rings (SSSR count). The van der Waals surface area contributed by atoms with Gasteiger partial charge in [0.1, 0.15) is 0 Å². The average Bonchev–Trinajstić information content (AvgIpc) is 3.91. The number of fused-ring (bicyclic) bond motifs is 1. The molecule has 3 amide bonds. The highest BCUT2D eigenvalue weighted by molar-refractivity contribution is 6.08. The predicted octanol–water partition coefficient (Wildman–Crippen LogP) is 2.21. The molecule has 0 radical (unpaired) electrons. The first-order valence-corrected chi connectivity index (χ1v) is 16.8. The van der Waals surface area contributed by atoms with E-state index in [0.29, 0.717) is 47.7 Å². The molecular weight excluding hydrogens is 612 g/mol. The third-order valence-electron chi connectivity index (χ3n) is 9.42. The monoisotopic (exact) mass is 656 g/mol. The van der Waals surface area contributed by atoms with Gasteiger partial charge in [-0.1, -0.05) is 36.4 Å². The van der Waals surface area contributed by atoms with Gasteiger partial charge in [0, 0.05) is 48.6 Å². The van der Waals surface area contributed by atoms with Crippen LogP contribution in [0.1, 0.15) is 55.8 Å². The highest BCUT2D eigenvalue weighted by Crippen LogP contribution is 2.47. The summed E-state index contributed by atoms with van der Waals surface area (Å²) >= 11 is 0. The summed E-state index contributed by atoms with van der Waals surface area (Å²) in [5.74, 6) is -1.25. The molecule has 13 nitrogen and oxygen atoms in total. The van der Waals surface area contributed by atoms with Gasteiger partial charge in [0.15, 0.2) is 5.60 Å². The van der Waals surface area contributed by atoms with Gasteiger partial charge in [-0.3, -0.25) is 19.1 Å². The Morgan fingerprint density at radius 3 is 2.35 bits per heavy atom. The van der Waals surface area contributed by atoms with E-state index in [9.17, 15) is 19.5 Å². The molecule has 1 aromatic heterocycles. The summed E-state index contributed by atoms with van der Waals surface area (Å²) < 4.78 is 1.70. The first-order valence-electron chi connectivity index (χ1n) is 16.8. The van der Waals surface area contributed by atoms with Gasteiger partial charge in [-0.05, 0) is 81.1 Å². The van der Waals surface area contributed by atoms with Gasteiger partial charge in [-0.25, -0.2) is 0 Å². The molecule has 13 heteroatoms. The first kappa shape index (κ1) is 33.5. The maximum atomic E-state index is 14.2. The Hall–Kier alpha value is -4.43. The number of aliphatic hydroxyl groups is 2. The van der Waals surface area contributed by atoms with Crippen molar-refractivity contribution in [3.05, 3.63) is 77.6 Å². The van der Waals surface area contributed by atoms with Crippen LogP contribution in [0.4, 0.5) is 17.1 Å². The van der Waals surface area contributed by atoms with E-state index >= 15 is 0 Å². The second-order valence-electron chi connectivity index (χ2n) is 12.8. The fraction of sp³-hybridized carbons (Fsp3) is 0.457. The molecule has 4 heterocycles. The molecule has 3 aromatic rings. The van der Waals surface area contributed by atoms with E-state index in [4.69, 9.17) is 5.11 Å². The van der Waals surface area contributed by atoms with Crippen LogP contribution in [0, 0.1) is 5.92 Å². The van der Waals surface area contributed by atoms with Crippen LogP contribution < -0.4 is 26.2 Å². The number of benzene rings is 2. The van der Waals surface area contributed by atoms with E-state index < -0.39 is 17.4 Å². The molecule has 0 spiro atoms. The number of aryl methyl sites for hydroxylation is 1. The second kappa shape index (κ2) is 14.8. The second-order valence-corrected chi connectivity index (χ2v) is 12.8. The summed E-state index contributed by atoms with van der Waals surface area (Å²) in [6.45, 7) is 4.21. The van der Waals surface area contributed by atoms with Crippen molar-refractivity contribution in [2.75, 3.05) is 35.2 Å². The molecule has 2 aromatic carbocycles. The maximum Gasteiger partial charge on any atom is 0.264 e. The van der Waals surface area contributed by atoms with Gasteiger partial charge in [0.05, 0.1) is 30.0 Å². The molecule has 0 saturated carbocycles. The van der Waals surface area contributed by atoms with Crippen molar-refractivity contribution >= 4 is 34.8 Å². The first-order chi connectivity index (χ1) is 23.3. The van der Waals surface area contributed by atoms with E-state index in [-0.39, 0.29) is 37.0 Å². The number of nitrogens with one attached hydrogen (secondary N) is 4. The lowest BCUT2D eigenvalue weighted by Crippen LogP contribution is -2.44. The number of carbonyl (C=O) groups excluding carboxylic acids is 3. The minimum Gasteiger partial charge on any atom is -0.396 e. The van der Waals surface area contributed by atoms with Crippen molar-refractivity contribution in [1.29, 1.82) is 0 Å². The Morgan fingerprint density at radius 1 is 1.04 bits per heavy atom. The molecule has 2 saturated heterocycles. The van der Waals surface area contributed by atoms with Crippen LogP contribution in [0.15, 0.2) is 60.8 Å². The Bertz CT molecular complexity index is 1640. The molecule has 2 fully saturated rings. The number of amides is 3. The topological polar surface area (TPSA) is 174 Å². The lowest BCUT2D eigenvalue weighted by molar-refractivity contribution is -0.139. The maximum absolute atomic E-state index is 14.2. The highest BCUT2D eigenvalue weighted by Gasteiger charge is 2.52. The summed E-state index contributed by atoms with van der Waals surface area (Å²) in [6.07, 6.45) is 10.1. The molecule has 6 N–H and O–H groups in total. The van der Waals surface area contributed by atoms with E-state index in [1.54, 1.807) is 40.9 Å². The van der Waals surface area contributed by atoms with Crippen LogP contribution in [-0.4, -0.2) is 74.7 Å². The van der Waals surface area contributed by atoms with E-state index in [1.807, 2.05) is 36.4 Å². The van der Waals surface area contributed by atoms with Crippen molar-refractivity contribution in [1.82, 2.24) is 25.6 Å². The van der Waals surface area contributed by atoms with Gasteiger partial charge in [-0.2, -0.15) is 0 Å². The zero-order chi connectivity index (χ0) is 33.7. The van der Waals surface area contributed by atoms with Gasteiger partial charge < -0.3 is 36.4 Å². The molecule has 0 unspecified atom stereocenters. The zero-order valence-corrected chi connectivity index (χ0v) is 27.2. The number of allylic oxidation sites excluding steroid dienone is 1. The molecule has 254 valence electrons. The third kappa shape index (κ3) is 7.19. The summed E-state index contributed by atoms with van der Waals surface area (Å²) in [6, 6.07) is 12.1. The van der Waals surface area contributed by atoms with Crippen LogP contribution in [0.5, 0.6) is 0 Å². The average molecular weight is 657 g/mol. The minimum absolute atomic E-state index is 0.00586. The van der Waals surface area contributed by atoms with Crippen molar-refractivity contribution in [2.24, 2.45) is 5.92 Å². The summed E-state index contributed by atoms with van der Waals surface area (Å²) in [7, 11) is 0. The van der Waals surface area contributed by atoms with Crippen LogP contribution in [0.25, 0.3) is 0 Å². The summed E-state index contributed by atoms with van der Waals surface area (Å²) in [4.78, 5) is 41.2. The Balaban J connectivity index is 1.20. The van der Waals surface area contributed by atoms with Crippen LogP contribution in [-0.2, 0) is 39.5 Å². The van der Waals surface area contributed by atoms with Crippen molar-refractivity contribution in [3.8, 4) is 0 Å². The Morgan fingerprint density at radius 2 is 1.71 bits per heavy atom. The van der Waals surface area contributed by atoms with Gasteiger partial charge in [0.25, 0.3) is 5.91 Å². The summed E-state index contributed by atoms with van der Waals surface area (Å²) in [5.41, 5.74) is 1.86. The number of carbonyl (C=O) groups is 3. The third-order valence-corrected chi connectivity index (χ3v) is 9.42. The molecule has 4 atom stereocenters. The smallest absolute Gasteiger partial charge is 0.264 e. The zero-order valence-electron chi connectivity index (χ0n) is 27.2. The van der Waals surface area contributed by atoms with Crippen LogP contribution in [0.3, 0.4) is 0 Å². The Labute approximate surface area is 279 Å². The number of anilines is 3. The van der Waals surface area contributed by atoms with Crippen molar-refractivity contribution in [3.63, 3.8) is 0 Å². The fourth-order valence-electron chi connectivity index (χ4n) is 6.66. The number of hydrogen-bond donors (Lipinski definition) is 6. The molecule has 3 aliphatic rings. The van der Waals surface area contributed by atoms with Crippen LogP contribution in [0.2, 0.25) is 0 Å². The fourth-order valence-corrected chi connectivity index (χ4v) is 6.66. The molecule has 48 heavy (non-hydrogen) atoms. The SMILES string of the molecule is C[C@H](/C=C/CCn1cc(CCO)nn1)[C@@]1(O)C(=O)N(Cc2ccc(NC(=O)[C@H]3CCCN3)cc2)c2ccc(NC(=O)[C@H]3CCCN3)cc21. The lowest BCUT2D eigenvalue weighted by Gasteiger charge is -2.28. The molecule has 0 aliphatic carbocycles. The van der Waals surface area contributed by atoms with Gasteiger partial charge in [-0.15, -0.1) is 5.10 Å². The largest absolute Gasteiger partial charge is 0.396 e. The van der Waals surface area contributed by atoms with Gasteiger partial charge in [0.2, 0.25) is 11.8 Å². The quantitative estimate of drug-likeness (QED) is 0.151. The summed E-state index contributed by atoms with van der Waals surface area (Å²) in [5, 5.41) is 41.8. The number of nitrogens with zero attached hydrogens (tertiary/aromatic N) is 4. The Kier molecular flexibility index (Phi) is 10.3. The number of rotatable bonds is 13. The number of aromatic nitrogens is 3. The number of aliphatic hydroxyl groups excluding tert-OH is 1.